The predicted octanol–water partition coefficient (Wildman–Crippen LogP) is 3.10. The third kappa shape index (κ3) is 4.02. The molecule has 0 N–H and O–H groups in total. The first-order valence-electron chi connectivity index (χ1n) is 8.26. The first kappa shape index (κ1) is 18.7. The maximum Gasteiger partial charge on any atom is 0.229 e. The van der Waals surface area contributed by atoms with Crippen molar-refractivity contribution in [1.82, 2.24) is 9.88 Å². The van der Waals surface area contributed by atoms with Crippen LogP contribution in [0, 0.1) is 18.6 Å². The zero-order valence-corrected chi connectivity index (χ0v) is 15.2. The van der Waals surface area contributed by atoms with Gasteiger partial charge in [0.2, 0.25) is 5.89 Å². The average molecular weight is 382 g/mol. The normalized spacial score (nSPS) is 19.2. The van der Waals surface area contributed by atoms with E-state index in [2.05, 4.69) is 11.6 Å². The minimum Gasteiger partial charge on any atom is -0.441 e. The van der Waals surface area contributed by atoms with Crippen LogP contribution in [0.4, 0.5) is 8.78 Å². The van der Waals surface area contributed by atoms with Crippen molar-refractivity contribution < 1.29 is 21.6 Å². The fraction of sp³-hybridized carbons (Fsp3) is 0.389. The zero-order valence-electron chi connectivity index (χ0n) is 14.4. The van der Waals surface area contributed by atoms with Crippen molar-refractivity contribution in [2.75, 3.05) is 18.1 Å². The second-order valence-electron chi connectivity index (χ2n) is 6.42. The molecule has 1 aliphatic heterocycles. The minimum atomic E-state index is -3.02. The van der Waals surface area contributed by atoms with Gasteiger partial charge < -0.3 is 4.42 Å². The minimum absolute atomic E-state index is 0.00657. The van der Waals surface area contributed by atoms with E-state index in [0.29, 0.717) is 31.0 Å². The highest BCUT2D eigenvalue weighted by atomic mass is 32.2. The first-order chi connectivity index (χ1) is 12.3. The maximum atomic E-state index is 14.0. The van der Waals surface area contributed by atoms with Crippen molar-refractivity contribution >= 4 is 9.84 Å². The number of nitrogens with zero attached hydrogens (tertiary/aromatic N) is 2. The SMILES string of the molecule is C=CCN(Cc1nc(-c2cc(F)ccc2F)oc1C)C1CCS(=O)(=O)C1. The molecule has 0 bridgehead atoms. The highest BCUT2D eigenvalue weighted by Gasteiger charge is 2.32. The number of hydrogen-bond acceptors (Lipinski definition) is 5. The predicted molar refractivity (Wildman–Crippen MR) is 94.3 cm³/mol. The summed E-state index contributed by atoms with van der Waals surface area (Å²) in [5, 5.41) is 0. The van der Waals surface area contributed by atoms with Crippen LogP contribution in [0.3, 0.4) is 0 Å². The van der Waals surface area contributed by atoms with Crippen LogP contribution in [0.5, 0.6) is 0 Å². The molecule has 1 fully saturated rings. The largest absolute Gasteiger partial charge is 0.441 e. The molecule has 3 rings (SSSR count). The molecule has 0 radical (unpaired) electrons. The third-order valence-corrected chi connectivity index (χ3v) is 6.24. The van der Waals surface area contributed by atoms with Crippen molar-refractivity contribution in [2.45, 2.75) is 25.9 Å². The van der Waals surface area contributed by atoms with Gasteiger partial charge in [0.25, 0.3) is 0 Å². The molecule has 0 spiro atoms. The maximum absolute atomic E-state index is 14.0. The van der Waals surface area contributed by atoms with E-state index in [4.69, 9.17) is 4.42 Å². The molecule has 1 saturated heterocycles. The number of halogens is 2. The number of aromatic nitrogens is 1. The number of hydrogen-bond donors (Lipinski definition) is 0. The Bertz CT molecular complexity index is 925. The summed E-state index contributed by atoms with van der Waals surface area (Å²) >= 11 is 0. The van der Waals surface area contributed by atoms with E-state index >= 15 is 0 Å². The summed E-state index contributed by atoms with van der Waals surface area (Å²) in [6.07, 6.45) is 2.26. The van der Waals surface area contributed by atoms with Crippen molar-refractivity contribution in [2.24, 2.45) is 0 Å². The van der Waals surface area contributed by atoms with E-state index in [1.165, 1.54) is 0 Å². The van der Waals surface area contributed by atoms with Crippen LogP contribution in [0.15, 0.2) is 35.3 Å². The fourth-order valence-electron chi connectivity index (χ4n) is 3.12. The van der Waals surface area contributed by atoms with Crippen molar-refractivity contribution in [1.29, 1.82) is 0 Å². The van der Waals surface area contributed by atoms with Gasteiger partial charge in [0.05, 0.1) is 22.8 Å². The molecule has 1 unspecified atom stereocenters. The van der Waals surface area contributed by atoms with E-state index < -0.39 is 21.5 Å². The molecule has 1 atom stereocenters. The lowest BCUT2D eigenvalue weighted by atomic mass is 10.2. The number of aryl methyl sites for hydroxylation is 1. The van der Waals surface area contributed by atoms with Crippen LogP contribution >= 0.6 is 0 Å². The van der Waals surface area contributed by atoms with Gasteiger partial charge in [0, 0.05) is 19.1 Å². The molecule has 1 aromatic heterocycles. The van der Waals surface area contributed by atoms with Gasteiger partial charge in [-0.25, -0.2) is 22.2 Å². The smallest absolute Gasteiger partial charge is 0.229 e. The first-order valence-corrected chi connectivity index (χ1v) is 10.1. The lowest BCUT2D eigenvalue weighted by Gasteiger charge is -2.25. The van der Waals surface area contributed by atoms with Gasteiger partial charge in [-0.2, -0.15) is 0 Å². The Morgan fingerprint density at radius 2 is 2.19 bits per heavy atom. The lowest BCUT2D eigenvalue weighted by molar-refractivity contribution is 0.223. The molecule has 140 valence electrons. The van der Waals surface area contributed by atoms with Gasteiger partial charge in [0.1, 0.15) is 17.4 Å². The van der Waals surface area contributed by atoms with Crippen LogP contribution in [0.2, 0.25) is 0 Å². The highest BCUT2D eigenvalue weighted by molar-refractivity contribution is 7.91. The summed E-state index contributed by atoms with van der Waals surface area (Å²) in [6.45, 7) is 6.26. The van der Waals surface area contributed by atoms with Gasteiger partial charge in [-0.15, -0.1) is 6.58 Å². The quantitative estimate of drug-likeness (QED) is 0.719. The molecular weight excluding hydrogens is 362 g/mol. The molecule has 2 aromatic rings. The Labute approximate surface area is 151 Å². The molecular formula is C18H20F2N2O3S. The van der Waals surface area contributed by atoms with Crippen molar-refractivity contribution in [3.05, 3.63) is 53.9 Å². The van der Waals surface area contributed by atoms with Gasteiger partial charge in [-0.3, -0.25) is 4.90 Å². The molecule has 1 aliphatic rings. The number of rotatable bonds is 6. The summed E-state index contributed by atoms with van der Waals surface area (Å²) in [6, 6.07) is 2.97. The summed E-state index contributed by atoms with van der Waals surface area (Å²) < 4.78 is 56.4. The van der Waals surface area contributed by atoms with Crippen LogP contribution in [-0.2, 0) is 16.4 Å². The van der Waals surface area contributed by atoms with Gasteiger partial charge in [-0.1, -0.05) is 6.08 Å². The molecule has 26 heavy (non-hydrogen) atoms. The van der Waals surface area contributed by atoms with E-state index in [-0.39, 0.29) is 29.0 Å². The second-order valence-corrected chi connectivity index (χ2v) is 8.65. The standard InChI is InChI=1S/C18H20F2N2O3S/c1-3-7-22(14-6-8-26(23,24)11-14)10-17-12(2)25-18(21-17)15-9-13(19)4-5-16(15)20/h3-5,9,14H,1,6-8,10-11H2,2H3. The fourth-order valence-corrected chi connectivity index (χ4v) is 4.88. The van der Waals surface area contributed by atoms with E-state index in [9.17, 15) is 17.2 Å². The Kier molecular flexibility index (Phi) is 5.24. The lowest BCUT2D eigenvalue weighted by Crippen LogP contribution is -2.36. The second kappa shape index (κ2) is 7.28. The van der Waals surface area contributed by atoms with Crippen LogP contribution in [0.25, 0.3) is 11.5 Å². The molecule has 5 nitrogen and oxygen atoms in total. The molecule has 8 heteroatoms. The topological polar surface area (TPSA) is 63.4 Å². The van der Waals surface area contributed by atoms with Gasteiger partial charge in [-0.05, 0) is 31.5 Å². The van der Waals surface area contributed by atoms with Gasteiger partial charge >= 0.3 is 0 Å². The Morgan fingerprint density at radius 1 is 1.42 bits per heavy atom. The summed E-state index contributed by atoms with van der Waals surface area (Å²) in [5.41, 5.74) is 0.521. The molecule has 0 amide bonds. The van der Waals surface area contributed by atoms with Crippen LogP contribution in [0.1, 0.15) is 17.9 Å². The highest BCUT2D eigenvalue weighted by Crippen LogP contribution is 2.27. The van der Waals surface area contributed by atoms with Crippen LogP contribution < -0.4 is 0 Å². The van der Waals surface area contributed by atoms with Crippen LogP contribution in [-0.4, -0.2) is 42.4 Å². The Balaban J connectivity index is 1.86. The number of benzene rings is 1. The van der Waals surface area contributed by atoms with Gasteiger partial charge in [0.15, 0.2) is 9.84 Å². The zero-order chi connectivity index (χ0) is 18.9. The van der Waals surface area contributed by atoms with E-state index in [1.807, 2.05) is 4.90 Å². The van der Waals surface area contributed by atoms with Crippen molar-refractivity contribution in [3.63, 3.8) is 0 Å². The third-order valence-electron chi connectivity index (χ3n) is 4.49. The summed E-state index contributed by atoms with van der Waals surface area (Å²) in [5.74, 6) is -0.440. The summed E-state index contributed by atoms with van der Waals surface area (Å²) in [7, 11) is -3.02. The molecule has 0 aliphatic carbocycles. The molecule has 0 saturated carbocycles. The average Bonchev–Trinajstić information content (AvgIpc) is 3.12. The van der Waals surface area contributed by atoms with Crippen molar-refractivity contribution in [3.8, 4) is 11.5 Å². The monoisotopic (exact) mass is 382 g/mol. The molecule has 2 heterocycles. The van der Waals surface area contributed by atoms with E-state index in [0.717, 1.165) is 18.2 Å². The number of sulfone groups is 1. The number of oxazole rings is 1. The summed E-state index contributed by atoms with van der Waals surface area (Å²) in [4.78, 5) is 6.28. The molecule has 1 aromatic carbocycles. The van der Waals surface area contributed by atoms with E-state index in [1.54, 1.807) is 13.0 Å². The Hall–Kier alpha value is -2.06. The Morgan fingerprint density at radius 3 is 2.85 bits per heavy atom.